The maximum atomic E-state index is 12.1. The molecule has 2 N–H and O–H groups in total. The fourth-order valence-corrected chi connectivity index (χ4v) is 2.10. The second-order valence-corrected chi connectivity index (χ2v) is 4.03. The lowest BCUT2D eigenvalue weighted by Crippen LogP contribution is -2.37. The van der Waals surface area contributed by atoms with Crippen LogP contribution in [0.2, 0.25) is 0 Å². The molecule has 1 aliphatic rings. The van der Waals surface area contributed by atoms with E-state index in [4.69, 9.17) is 5.11 Å². The first-order chi connectivity index (χ1) is 7.72. The van der Waals surface area contributed by atoms with E-state index in [0.717, 1.165) is 12.8 Å². The van der Waals surface area contributed by atoms with Gasteiger partial charge in [-0.15, -0.1) is 0 Å². The number of nitrogens with zero attached hydrogens (tertiary/aromatic N) is 1. The zero-order valence-corrected chi connectivity index (χ0v) is 8.97. The highest BCUT2D eigenvalue weighted by Gasteiger charge is 2.28. The number of carbonyl (C=O) groups is 1. The van der Waals surface area contributed by atoms with Gasteiger partial charge in [0.15, 0.2) is 0 Å². The van der Waals surface area contributed by atoms with Crippen molar-refractivity contribution in [2.24, 2.45) is 0 Å². The SMILES string of the molecule is O=C(c1cccc(O)c1)N1CCC[C@@H]1CO. The number of rotatable bonds is 2. The monoisotopic (exact) mass is 221 g/mol. The predicted molar refractivity (Wildman–Crippen MR) is 59.3 cm³/mol. The van der Waals surface area contributed by atoms with E-state index in [1.54, 1.807) is 17.0 Å². The van der Waals surface area contributed by atoms with Crippen LogP contribution in [0.5, 0.6) is 5.75 Å². The predicted octanol–water partition coefficient (Wildman–Crippen LogP) is 0.989. The number of phenolic OH excluding ortho intramolecular Hbond substituents is 1. The first-order valence-corrected chi connectivity index (χ1v) is 5.43. The van der Waals surface area contributed by atoms with E-state index < -0.39 is 0 Å². The molecule has 0 radical (unpaired) electrons. The number of hydrogen-bond donors (Lipinski definition) is 2. The Morgan fingerprint density at radius 2 is 2.31 bits per heavy atom. The van der Waals surface area contributed by atoms with Crippen molar-refractivity contribution in [3.8, 4) is 5.75 Å². The van der Waals surface area contributed by atoms with Gasteiger partial charge in [-0.3, -0.25) is 4.79 Å². The fraction of sp³-hybridized carbons (Fsp3) is 0.417. The number of likely N-dealkylation sites (tertiary alicyclic amines) is 1. The Morgan fingerprint density at radius 1 is 1.50 bits per heavy atom. The maximum absolute atomic E-state index is 12.1. The molecule has 0 aliphatic carbocycles. The van der Waals surface area contributed by atoms with Crippen molar-refractivity contribution in [2.45, 2.75) is 18.9 Å². The van der Waals surface area contributed by atoms with Gasteiger partial charge in [0.05, 0.1) is 12.6 Å². The molecule has 0 spiro atoms. The number of phenols is 1. The second kappa shape index (κ2) is 4.53. The molecule has 4 nitrogen and oxygen atoms in total. The van der Waals surface area contributed by atoms with Crippen LogP contribution in [-0.2, 0) is 0 Å². The molecular formula is C12H15NO3. The summed E-state index contributed by atoms with van der Waals surface area (Å²) in [5.74, 6) is -0.0296. The molecule has 1 aromatic carbocycles. The van der Waals surface area contributed by atoms with E-state index in [1.165, 1.54) is 12.1 Å². The summed E-state index contributed by atoms with van der Waals surface area (Å²) >= 11 is 0. The van der Waals surface area contributed by atoms with Gasteiger partial charge in [-0.25, -0.2) is 0 Å². The summed E-state index contributed by atoms with van der Waals surface area (Å²) in [6.45, 7) is 0.685. The van der Waals surface area contributed by atoms with Gasteiger partial charge in [0.25, 0.3) is 5.91 Å². The van der Waals surface area contributed by atoms with Gasteiger partial charge in [0.2, 0.25) is 0 Å². The van der Waals surface area contributed by atoms with Crippen LogP contribution in [-0.4, -0.2) is 40.2 Å². The highest BCUT2D eigenvalue weighted by molar-refractivity contribution is 5.95. The molecule has 0 aromatic heterocycles. The molecule has 1 saturated heterocycles. The summed E-state index contributed by atoms with van der Waals surface area (Å²) in [4.78, 5) is 13.7. The molecule has 16 heavy (non-hydrogen) atoms. The number of hydrogen-bond acceptors (Lipinski definition) is 3. The van der Waals surface area contributed by atoms with Crippen LogP contribution in [0.15, 0.2) is 24.3 Å². The van der Waals surface area contributed by atoms with Gasteiger partial charge in [0.1, 0.15) is 5.75 Å². The first kappa shape index (κ1) is 11.0. The molecule has 0 bridgehead atoms. The Kier molecular flexibility index (Phi) is 3.10. The van der Waals surface area contributed by atoms with Gasteiger partial charge < -0.3 is 15.1 Å². The fourth-order valence-electron chi connectivity index (χ4n) is 2.10. The average Bonchev–Trinajstić information content (AvgIpc) is 2.76. The minimum absolute atomic E-state index is 0.00452. The Labute approximate surface area is 94.1 Å². The van der Waals surface area contributed by atoms with E-state index >= 15 is 0 Å². The van der Waals surface area contributed by atoms with Crippen molar-refractivity contribution in [1.29, 1.82) is 0 Å². The molecule has 1 fully saturated rings. The van der Waals surface area contributed by atoms with E-state index in [0.29, 0.717) is 12.1 Å². The van der Waals surface area contributed by atoms with Crippen LogP contribution in [0.4, 0.5) is 0 Å². The summed E-state index contributed by atoms with van der Waals surface area (Å²) in [5.41, 5.74) is 0.473. The molecule has 1 atom stereocenters. The van der Waals surface area contributed by atoms with Crippen molar-refractivity contribution in [3.05, 3.63) is 29.8 Å². The summed E-state index contributed by atoms with van der Waals surface area (Å²) in [6.07, 6.45) is 1.77. The van der Waals surface area contributed by atoms with E-state index in [2.05, 4.69) is 0 Å². The molecule has 1 heterocycles. The second-order valence-electron chi connectivity index (χ2n) is 4.03. The summed E-state index contributed by atoms with van der Waals surface area (Å²) < 4.78 is 0. The molecule has 1 aliphatic heterocycles. The maximum Gasteiger partial charge on any atom is 0.254 e. The summed E-state index contributed by atoms with van der Waals surface area (Å²) in [5, 5.41) is 18.5. The number of carbonyl (C=O) groups excluding carboxylic acids is 1. The van der Waals surface area contributed by atoms with Gasteiger partial charge in [-0.05, 0) is 31.0 Å². The zero-order valence-electron chi connectivity index (χ0n) is 8.97. The largest absolute Gasteiger partial charge is 0.508 e. The molecule has 86 valence electrons. The Hall–Kier alpha value is -1.55. The average molecular weight is 221 g/mol. The summed E-state index contributed by atoms with van der Waals surface area (Å²) in [6, 6.07) is 6.23. The third kappa shape index (κ3) is 2.02. The lowest BCUT2D eigenvalue weighted by molar-refractivity contribution is 0.0677. The highest BCUT2D eigenvalue weighted by Crippen LogP contribution is 2.21. The van der Waals surface area contributed by atoms with Crippen molar-refractivity contribution < 1.29 is 15.0 Å². The van der Waals surface area contributed by atoms with Crippen LogP contribution < -0.4 is 0 Å². The lowest BCUT2D eigenvalue weighted by Gasteiger charge is -2.23. The molecule has 4 heteroatoms. The molecule has 0 unspecified atom stereocenters. The van der Waals surface area contributed by atoms with Crippen LogP contribution >= 0.6 is 0 Å². The van der Waals surface area contributed by atoms with E-state index in [1.807, 2.05) is 0 Å². The molecule has 1 amide bonds. The smallest absolute Gasteiger partial charge is 0.254 e. The standard InChI is InChI=1S/C12H15NO3/c14-8-10-4-2-6-13(10)12(16)9-3-1-5-11(15)7-9/h1,3,5,7,10,14-15H,2,4,6,8H2/t10-/m1/s1. The highest BCUT2D eigenvalue weighted by atomic mass is 16.3. The van der Waals surface area contributed by atoms with E-state index in [-0.39, 0.29) is 24.3 Å². The Bertz CT molecular complexity index is 392. The van der Waals surface area contributed by atoms with Crippen molar-refractivity contribution in [2.75, 3.05) is 13.2 Å². The van der Waals surface area contributed by atoms with Gasteiger partial charge in [-0.2, -0.15) is 0 Å². The number of aliphatic hydroxyl groups excluding tert-OH is 1. The zero-order chi connectivity index (χ0) is 11.5. The van der Waals surface area contributed by atoms with Crippen LogP contribution in [0.3, 0.4) is 0 Å². The molecular weight excluding hydrogens is 206 g/mol. The van der Waals surface area contributed by atoms with Crippen LogP contribution in [0.25, 0.3) is 0 Å². The van der Waals surface area contributed by atoms with Crippen LogP contribution in [0, 0.1) is 0 Å². The normalized spacial score (nSPS) is 20.1. The Morgan fingerprint density at radius 3 is 3.00 bits per heavy atom. The first-order valence-electron chi connectivity index (χ1n) is 5.43. The number of benzene rings is 1. The minimum atomic E-state index is -0.118. The summed E-state index contributed by atoms with van der Waals surface area (Å²) in [7, 11) is 0. The third-order valence-corrected chi connectivity index (χ3v) is 2.94. The van der Waals surface area contributed by atoms with Crippen molar-refractivity contribution in [1.82, 2.24) is 4.90 Å². The Balaban J connectivity index is 2.18. The topological polar surface area (TPSA) is 60.8 Å². The van der Waals surface area contributed by atoms with Crippen LogP contribution in [0.1, 0.15) is 23.2 Å². The van der Waals surface area contributed by atoms with Gasteiger partial charge in [-0.1, -0.05) is 6.07 Å². The molecule has 1 aromatic rings. The number of aliphatic hydroxyl groups is 1. The van der Waals surface area contributed by atoms with E-state index in [9.17, 15) is 9.90 Å². The van der Waals surface area contributed by atoms with Crippen molar-refractivity contribution >= 4 is 5.91 Å². The minimum Gasteiger partial charge on any atom is -0.508 e. The van der Waals surface area contributed by atoms with Crippen molar-refractivity contribution in [3.63, 3.8) is 0 Å². The number of amides is 1. The quantitative estimate of drug-likeness (QED) is 0.783. The third-order valence-electron chi connectivity index (χ3n) is 2.94. The van der Waals surface area contributed by atoms with Gasteiger partial charge >= 0.3 is 0 Å². The molecule has 2 rings (SSSR count). The lowest BCUT2D eigenvalue weighted by atomic mass is 10.1. The van der Waals surface area contributed by atoms with Gasteiger partial charge in [0, 0.05) is 12.1 Å². The number of aromatic hydroxyl groups is 1. The molecule has 0 saturated carbocycles.